The normalized spacial score (nSPS) is 12.3. The summed E-state index contributed by atoms with van der Waals surface area (Å²) in [5, 5.41) is 1.83. The van der Waals surface area contributed by atoms with Crippen LogP contribution in [0.1, 0.15) is 52.7 Å². The van der Waals surface area contributed by atoms with Gasteiger partial charge in [0.2, 0.25) is 0 Å². The smallest absolute Gasteiger partial charge is 0.164 e. The summed E-state index contributed by atoms with van der Waals surface area (Å²) in [6.07, 6.45) is 0. The first-order valence-electron chi connectivity index (χ1n) is 15.5. The topological polar surface area (TPSA) is 51.8 Å². The molecule has 0 atom stereocenters. The van der Waals surface area contributed by atoms with E-state index in [1.807, 2.05) is 24.3 Å². The van der Waals surface area contributed by atoms with Crippen LogP contribution < -0.4 is 54.6 Å². The molecule has 14 heteroatoms. The molecule has 2 heterocycles. The quantitative estimate of drug-likeness (QED) is 0.205. The lowest BCUT2D eigenvalue weighted by molar-refractivity contribution is 0.557. The van der Waals surface area contributed by atoms with Gasteiger partial charge in [-0.2, -0.15) is 0 Å². The third kappa shape index (κ3) is 5.68. The number of benzene rings is 4. The second-order valence-electron chi connectivity index (χ2n) is 14.4. The minimum absolute atomic E-state index is 0.0289. The fourth-order valence-corrected chi connectivity index (χ4v) is 6.09. The van der Waals surface area contributed by atoms with Crippen LogP contribution in [0.3, 0.4) is 0 Å². The molecule has 0 saturated heterocycles. The van der Waals surface area contributed by atoms with Crippen LogP contribution in [0.25, 0.3) is 56.1 Å². The molecule has 2 aromatic heterocycles. The van der Waals surface area contributed by atoms with Crippen molar-refractivity contribution in [3.63, 3.8) is 0 Å². The van der Waals surface area contributed by atoms with E-state index in [2.05, 4.69) is 47.6 Å². The summed E-state index contributed by atoms with van der Waals surface area (Å²) in [5.74, 6) is 0.297. The fraction of sp³-hybridized carbons (Fsp3) is 0.229. The number of fused-ring (bicyclic) bond motifs is 3. The van der Waals surface area contributed by atoms with Crippen LogP contribution in [-0.4, -0.2) is 93.4 Å². The van der Waals surface area contributed by atoms with E-state index < -0.39 is 0 Å². The molecule has 0 spiro atoms. The molecule has 0 fully saturated rings. The number of furan rings is 1. The van der Waals surface area contributed by atoms with Gasteiger partial charge >= 0.3 is 0 Å². The average molecular weight is 610 g/mol. The van der Waals surface area contributed by atoms with Crippen molar-refractivity contribution in [2.75, 3.05) is 0 Å². The third-order valence-corrected chi connectivity index (χ3v) is 8.95. The van der Waals surface area contributed by atoms with E-state index in [-0.39, 0.29) is 94.1 Å². The van der Waals surface area contributed by atoms with Gasteiger partial charge in [0.25, 0.3) is 0 Å². The number of aromatic nitrogens is 3. The zero-order valence-corrected chi connectivity index (χ0v) is 28.4. The molecule has 0 aliphatic carbocycles. The van der Waals surface area contributed by atoms with Crippen LogP contribution in [-0.2, 0) is 10.8 Å². The van der Waals surface area contributed by atoms with Crippen LogP contribution in [0.5, 0.6) is 0 Å². The van der Waals surface area contributed by atoms with Gasteiger partial charge in [0, 0.05) is 38.6 Å². The Morgan fingerprint density at radius 1 is 0.449 bits per heavy atom. The number of para-hydroxylation sites is 1. The average Bonchev–Trinajstić information content (AvgIpc) is 3.42. The third-order valence-electron chi connectivity index (χ3n) is 8.95. The Balaban J connectivity index is 1.76. The number of hydrogen-bond donors (Lipinski definition) is 0. The van der Waals surface area contributed by atoms with Crippen molar-refractivity contribution in [2.24, 2.45) is 0 Å². The van der Waals surface area contributed by atoms with Crippen LogP contribution in [0.4, 0.5) is 0 Å². The summed E-state index contributed by atoms with van der Waals surface area (Å²) in [6, 6.07) is 10.1. The van der Waals surface area contributed by atoms with Crippen molar-refractivity contribution in [1.82, 2.24) is 15.0 Å². The van der Waals surface area contributed by atoms with Crippen molar-refractivity contribution in [3.05, 3.63) is 41.5 Å². The summed E-state index contributed by atoms with van der Waals surface area (Å²) in [6.45, 7) is 12.8. The summed E-state index contributed by atoms with van der Waals surface area (Å²) < 4.78 is 6.68. The first-order chi connectivity index (χ1) is 22.7. The van der Waals surface area contributed by atoms with Gasteiger partial charge in [-0.3, -0.25) is 0 Å². The van der Waals surface area contributed by atoms with Gasteiger partial charge in [-0.25, -0.2) is 15.0 Å². The summed E-state index contributed by atoms with van der Waals surface area (Å²) in [7, 11) is 63.1. The Morgan fingerprint density at radius 3 is 1.27 bits per heavy atom. The zero-order valence-electron chi connectivity index (χ0n) is 28.4. The maximum absolute atomic E-state index is 6.68. The molecule has 0 aliphatic heterocycles. The minimum atomic E-state index is -0.355. The molecule has 6 rings (SSSR count). The molecule has 0 bridgehead atoms. The molecule has 0 N–H and O–H groups in total. The molecule has 0 saturated carbocycles. The largest absolute Gasteiger partial charge is 0.455 e. The predicted octanol–water partition coefficient (Wildman–Crippen LogP) is -2.69. The van der Waals surface area contributed by atoms with E-state index in [9.17, 15) is 0 Å². The number of hydrogen-bond acceptors (Lipinski definition) is 4. The highest BCUT2D eigenvalue weighted by atomic mass is 16.3. The first kappa shape index (κ1) is 35.2. The standard InChI is InChI=1S/C35H23B10N3O/c1-34(2,3)15-9-7-8-13-14-10-12(11-16(35(4,5)6)30(14)49-29(13)15)31-46-32(17-19(36)23(40)27(44)24(41)20(17)37)48-33(47-31)18-21(38)25(42)28(45)26(43)22(18)39/h7-11H,1-6H3. The maximum atomic E-state index is 6.68. The molecular formula is C35H23B10N3O. The second kappa shape index (κ2) is 12.0. The molecule has 214 valence electrons. The molecule has 0 unspecified atom stereocenters. The Hall–Kier alpha value is -3.66. The molecule has 0 amide bonds. The van der Waals surface area contributed by atoms with E-state index in [1.54, 1.807) is 0 Å². The molecule has 0 aliphatic rings. The lowest BCUT2D eigenvalue weighted by Gasteiger charge is -2.23. The molecule has 20 radical (unpaired) electrons. The highest BCUT2D eigenvalue weighted by molar-refractivity contribution is 6.69. The van der Waals surface area contributed by atoms with Gasteiger partial charge in [-0.1, -0.05) is 81.6 Å². The van der Waals surface area contributed by atoms with Gasteiger partial charge in [0.15, 0.2) is 17.5 Å². The maximum Gasteiger partial charge on any atom is 0.164 e. The number of nitrogens with zero attached hydrogens (tertiary/aromatic N) is 3. The molecular weight excluding hydrogens is 587 g/mol. The number of rotatable bonds is 3. The lowest BCUT2D eigenvalue weighted by Crippen LogP contribution is -2.55. The monoisotopic (exact) mass is 611 g/mol. The van der Waals surface area contributed by atoms with Crippen molar-refractivity contribution in [2.45, 2.75) is 52.4 Å². The van der Waals surface area contributed by atoms with Gasteiger partial charge in [-0.15, -0.1) is 32.8 Å². The first-order valence-corrected chi connectivity index (χ1v) is 15.5. The van der Waals surface area contributed by atoms with Crippen molar-refractivity contribution in [1.29, 1.82) is 0 Å². The molecule has 49 heavy (non-hydrogen) atoms. The van der Waals surface area contributed by atoms with Crippen LogP contribution in [0, 0.1) is 0 Å². The minimum Gasteiger partial charge on any atom is -0.455 e. The summed E-state index contributed by atoms with van der Waals surface area (Å²) in [4.78, 5) is 14.5. The van der Waals surface area contributed by atoms with E-state index in [4.69, 9.17) is 97.8 Å². The highest BCUT2D eigenvalue weighted by Gasteiger charge is 2.27. The fourth-order valence-electron chi connectivity index (χ4n) is 6.09. The van der Waals surface area contributed by atoms with Gasteiger partial charge in [-0.05, 0) is 23.0 Å². The SMILES string of the molecule is [B]c1c([B])c([B])c(-c2nc(-c3cc(C(C)(C)C)c4oc5c(C(C)(C)C)cccc5c4c3)nc(-c3c([B])c([B])c([B])c([B])c3[B])n2)c([B])c1[B]. The predicted molar refractivity (Wildman–Crippen MR) is 215 cm³/mol. The second-order valence-corrected chi connectivity index (χ2v) is 14.4. The van der Waals surface area contributed by atoms with Crippen LogP contribution in [0.15, 0.2) is 34.7 Å². The van der Waals surface area contributed by atoms with Crippen molar-refractivity contribution < 1.29 is 4.42 Å². The zero-order chi connectivity index (χ0) is 36.1. The Morgan fingerprint density at radius 2 is 0.837 bits per heavy atom. The van der Waals surface area contributed by atoms with E-state index in [0.717, 1.165) is 33.1 Å². The van der Waals surface area contributed by atoms with Crippen LogP contribution in [0.2, 0.25) is 0 Å². The molecule has 4 aromatic carbocycles. The Bertz CT molecular complexity index is 2230. The van der Waals surface area contributed by atoms with Crippen molar-refractivity contribution >= 4 is 155 Å². The summed E-state index contributed by atoms with van der Waals surface area (Å²) in [5.41, 5.74) is 4.35. The molecule has 4 nitrogen and oxygen atoms in total. The van der Waals surface area contributed by atoms with E-state index >= 15 is 0 Å². The molecule has 6 aromatic rings. The van der Waals surface area contributed by atoms with E-state index in [1.165, 1.54) is 0 Å². The van der Waals surface area contributed by atoms with E-state index in [0.29, 0.717) is 5.56 Å². The van der Waals surface area contributed by atoms with Crippen molar-refractivity contribution in [3.8, 4) is 34.2 Å². The lowest BCUT2D eigenvalue weighted by atomic mass is 9.60. The highest BCUT2D eigenvalue weighted by Crippen LogP contribution is 2.42. The Labute approximate surface area is 301 Å². The van der Waals surface area contributed by atoms with Gasteiger partial charge < -0.3 is 4.42 Å². The Kier molecular flexibility index (Phi) is 8.61. The van der Waals surface area contributed by atoms with Gasteiger partial charge in [0.1, 0.15) is 89.6 Å². The summed E-state index contributed by atoms with van der Waals surface area (Å²) >= 11 is 0. The van der Waals surface area contributed by atoms with Gasteiger partial charge in [0.05, 0.1) is 0 Å². The van der Waals surface area contributed by atoms with Crippen LogP contribution >= 0.6 is 0 Å².